The Bertz CT molecular complexity index is 1680. The van der Waals surface area contributed by atoms with Crippen LogP contribution in [0.4, 0.5) is 5.69 Å². The molecule has 0 fully saturated rings. The lowest BCUT2D eigenvalue weighted by atomic mass is 10.1. The smallest absolute Gasteiger partial charge is 0.269 e. The van der Waals surface area contributed by atoms with Gasteiger partial charge in [-0.05, 0) is 60.2 Å². The molecule has 1 aliphatic rings. The molecule has 13 nitrogen and oxygen atoms in total. The number of benzene rings is 4. The molecule has 0 radical (unpaired) electrons. The SMILES string of the molecule is COc1ccc(CN(C(=O)c2ccc(C(=O)NNC(=O)c3ccc4c(c3)ONO4)cc2)c2cc(OC)c(OC)c(OC)c2)cc1. The molecule has 13 heteroatoms. The number of carbonyl (C=O) groups is 3. The number of nitrogens with zero attached hydrogens (tertiary/aromatic N) is 1. The van der Waals surface area contributed by atoms with Crippen LogP contribution in [0.5, 0.6) is 34.5 Å². The van der Waals surface area contributed by atoms with E-state index in [1.165, 1.54) is 57.7 Å². The van der Waals surface area contributed by atoms with Crippen molar-refractivity contribution in [3.63, 3.8) is 0 Å². The zero-order chi connectivity index (χ0) is 31.9. The number of nitrogens with one attached hydrogen (secondary N) is 3. The molecule has 45 heavy (non-hydrogen) atoms. The third-order valence-electron chi connectivity index (χ3n) is 6.90. The van der Waals surface area contributed by atoms with Gasteiger partial charge < -0.3 is 33.5 Å². The number of hydrogen-bond donors (Lipinski definition) is 3. The quantitative estimate of drug-likeness (QED) is 0.225. The fourth-order valence-corrected chi connectivity index (χ4v) is 4.52. The average Bonchev–Trinajstić information content (AvgIpc) is 3.57. The molecule has 0 saturated heterocycles. The van der Waals surface area contributed by atoms with Crippen molar-refractivity contribution in [2.75, 3.05) is 33.3 Å². The average molecular weight is 615 g/mol. The minimum absolute atomic E-state index is 0.200. The van der Waals surface area contributed by atoms with Crippen molar-refractivity contribution < 1.29 is 43.0 Å². The summed E-state index contributed by atoms with van der Waals surface area (Å²) in [6.07, 6.45) is 0. The molecule has 0 aromatic heterocycles. The highest BCUT2D eigenvalue weighted by molar-refractivity contribution is 6.07. The number of anilines is 1. The first-order valence-corrected chi connectivity index (χ1v) is 13.5. The van der Waals surface area contributed by atoms with Gasteiger partial charge in [-0.2, -0.15) is 0 Å². The summed E-state index contributed by atoms with van der Waals surface area (Å²) >= 11 is 0. The van der Waals surface area contributed by atoms with Gasteiger partial charge in [0.15, 0.2) is 23.0 Å². The molecule has 3 amide bonds. The summed E-state index contributed by atoms with van der Waals surface area (Å²) in [5.74, 6) is 1.10. The van der Waals surface area contributed by atoms with Gasteiger partial charge in [0.2, 0.25) is 5.75 Å². The van der Waals surface area contributed by atoms with Gasteiger partial charge in [-0.15, -0.1) is 0 Å². The molecule has 0 aliphatic carbocycles. The predicted octanol–water partition coefficient (Wildman–Crippen LogP) is 3.83. The second-order valence-corrected chi connectivity index (χ2v) is 9.56. The Labute approximate surface area is 258 Å². The lowest BCUT2D eigenvalue weighted by Crippen LogP contribution is -2.41. The third kappa shape index (κ3) is 6.68. The summed E-state index contributed by atoms with van der Waals surface area (Å²) in [5.41, 5.74) is 9.07. The van der Waals surface area contributed by atoms with Gasteiger partial charge in [0, 0.05) is 34.5 Å². The van der Waals surface area contributed by atoms with Gasteiger partial charge in [0.25, 0.3) is 17.7 Å². The maximum absolute atomic E-state index is 14.0. The number of hydrazine groups is 1. The minimum Gasteiger partial charge on any atom is -0.497 e. The van der Waals surface area contributed by atoms with E-state index in [9.17, 15) is 14.4 Å². The predicted molar refractivity (Wildman–Crippen MR) is 162 cm³/mol. The zero-order valence-electron chi connectivity index (χ0n) is 24.8. The summed E-state index contributed by atoms with van der Waals surface area (Å²) in [6.45, 7) is 0.200. The molecule has 232 valence electrons. The summed E-state index contributed by atoms with van der Waals surface area (Å²) < 4.78 is 21.7. The zero-order valence-corrected chi connectivity index (χ0v) is 24.8. The van der Waals surface area contributed by atoms with Crippen LogP contribution < -0.4 is 50.0 Å². The first-order valence-electron chi connectivity index (χ1n) is 13.5. The van der Waals surface area contributed by atoms with Crippen LogP contribution in [0.1, 0.15) is 36.6 Å². The number of amides is 3. The Kier molecular flexibility index (Phi) is 9.20. The summed E-state index contributed by atoms with van der Waals surface area (Å²) in [7, 11) is 6.07. The van der Waals surface area contributed by atoms with E-state index in [1.54, 1.807) is 30.2 Å². The molecule has 3 N–H and O–H groups in total. The van der Waals surface area contributed by atoms with Crippen molar-refractivity contribution in [1.29, 1.82) is 0 Å². The Morgan fingerprint density at radius 1 is 0.667 bits per heavy atom. The van der Waals surface area contributed by atoms with Gasteiger partial charge >= 0.3 is 0 Å². The molecule has 0 bridgehead atoms. The van der Waals surface area contributed by atoms with Gasteiger partial charge in [0.1, 0.15) is 5.75 Å². The fourth-order valence-electron chi connectivity index (χ4n) is 4.52. The highest BCUT2D eigenvalue weighted by Gasteiger charge is 2.24. The van der Waals surface area contributed by atoms with Crippen LogP contribution in [0.25, 0.3) is 0 Å². The number of hydrogen-bond acceptors (Lipinski definition) is 10. The lowest BCUT2D eigenvalue weighted by Gasteiger charge is -2.25. The molecule has 1 aliphatic heterocycles. The maximum atomic E-state index is 14.0. The molecule has 0 spiro atoms. The minimum atomic E-state index is -0.579. The first kappa shape index (κ1) is 30.5. The second kappa shape index (κ2) is 13.6. The van der Waals surface area contributed by atoms with Crippen LogP contribution in [0.15, 0.2) is 78.9 Å². The molecule has 0 unspecified atom stereocenters. The number of carbonyl (C=O) groups excluding carboxylic acids is 3. The molecule has 1 heterocycles. The van der Waals surface area contributed by atoms with Crippen molar-refractivity contribution in [1.82, 2.24) is 16.5 Å². The van der Waals surface area contributed by atoms with E-state index in [0.717, 1.165) is 5.56 Å². The van der Waals surface area contributed by atoms with Gasteiger partial charge in [0.05, 0.1) is 40.7 Å². The van der Waals surface area contributed by atoms with E-state index in [0.29, 0.717) is 45.7 Å². The van der Waals surface area contributed by atoms with Crippen LogP contribution in [-0.2, 0) is 6.54 Å². The van der Waals surface area contributed by atoms with Crippen LogP contribution in [0.2, 0.25) is 0 Å². The summed E-state index contributed by atoms with van der Waals surface area (Å²) in [6, 6.07) is 21.3. The van der Waals surface area contributed by atoms with E-state index in [4.69, 9.17) is 28.6 Å². The van der Waals surface area contributed by atoms with E-state index in [2.05, 4.69) is 16.5 Å². The molecule has 5 rings (SSSR count). The van der Waals surface area contributed by atoms with Crippen molar-refractivity contribution in [3.8, 4) is 34.5 Å². The molecule has 0 saturated carbocycles. The monoisotopic (exact) mass is 614 g/mol. The Balaban J connectivity index is 1.35. The van der Waals surface area contributed by atoms with Gasteiger partial charge in [-0.25, -0.2) is 0 Å². The van der Waals surface area contributed by atoms with Crippen LogP contribution in [-0.4, -0.2) is 46.2 Å². The van der Waals surface area contributed by atoms with Crippen molar-refractivity contribution >= 4 is 23.4 Å². The Morgan fingerprint density at radius 3 is 1.84 bits per heavy atom. The summed E-state index contributed by atoms with van der Waals surface area (Å²) in [4.78, 5) is 50.9. The van der Waals surface area contributed by atoms with E-state index >= 15 is 0 Å². The maximum Gasteiger partial charge on any atom is 0.269 e. The topological polar surface area (TPSA) is 146 Å². The number of rotatable bonds is 10. The molecule has 4 aromatic rings. The standard InChI is InChI=1S/C32H30N4O9/c1-40-24-12-5-19(6-13-24)18-36(23-16-27(41-2)29(43-4)28(17-23)42-3)32(39)21-9-7-20(8-10-21)30(37)33-34-31(38)22-11-14-25-26(15-22)45-35-44-25/h5-17,35H,18H2,1-4H3,(H,33,37)(H,34,38). The van der Waals surface area contributed by atoms with Crippen LogP contribution in [0.3, 0.4) is 0 Å². The highest BCUT2D eigenvalue weighted by Crippen LogP contribution is 2.41. The summed E-state index contributed by atoms with van der Waals surface area (Å²) in [5, 5.41) is 0. The molecular weight excluding hydrogens is 584 g/mol. The van der Waals surface area contributed by atoms with Gasteiger partial charge in [-0.3, -0.25) is 25.2 Å². The van der Waals surface area contributed by atoms with Gasteiger partial charge in [-0.1, -0.05) is 12.1 Å². The lowest BCUT2D eigenvalue weighted by molar-refractivity contribution is 0.0259. The molecular formula is C32H30N4O9. The van der Waals surface area contributed by atoms with Crippen molar-refractivity contribution in [2.24, 2.45) is 0 Å². The van der Waals surface area contributed by atoms with Crippen LogP contribution in [0, 0.1) is 0 Å². The van der Waals surface area contributed by atoms with Crippen molar-refractivity contribution in [3.05, 3.63) is 101 Å². The number of fused-ring (bicyclic) bond motifs is 1. The largest absolute Gasteiger partial charge is 0.497 e. The fraction of sp³-hybridized carbons (Fsp3) is 0.156. The Hall–Kier alpha value is -5.95. The Morgan fingerprint density at radius 2 is 1.24 bits per heavy atom. The first-order chi connectivity index (χ1) is 21.8. The second-order valence-electron chi connectivity index (χ2n) is 9.56. The normalized spacial score (nSPS) is 11.3. The van der Waals surface area contributed by atoms with E-state index < -0.39 is 11.8 Å². The molecule has 4 aromatic carbocycles. The third-order valence-corrected chi connectivity index (χ3v) is 6.90. The number of methoxy groups -OCH3 is 4. The van der Waals surface area contributed by atoms with E-state index in [-0.39, 0.29) is 23.6 Å². The van der Waals surface area contributed by atoms with Crippen molar-refractivity contribution in [2.45, 2.75) is 6.54 Å². The van der Waals surface area contributed by atoms with E-state index in [1.807, 2.05) is 24.3 Å². The van der Waals surface area contributed by atoms with Crippen LogP contribution >= 0.6 is 0 Å². The number of ether oxygens (including phenoxy) is 4. The highest BCUT2D eigenvalue weighted by atomic mass is 16.9. The molecule has 0 atom stereocenters.